The Labute approximate surface area is 171 Å². The van der Waals surface area contributed by atoms with E-state index >= 15 is 0 Å². The first-order valence-electron chi connectivity index (χ1n) is 9.98. The Morgan fingerprint density at radius 1 is 1.00 bits per heavy atom. The lowest BCUT2D eigenvalue weighted by atomic mass is 9.99. The zero-order chi connectivity index (χ0) is 19.0. The molecular weight excluding hydrogens is 366 g/mol. The number of morpholine rings is 1. The lowest BCUT2D eigenvalue weighted by molar-refractivity contribution is 0.122. The van der Waals surface area contributed by atoms with E-state index in [0.717, 1.165) is 50.8 Å². The molecule has 0 aliphatic carbocycles. The first-order chi connectivity index (χ1) is 13.9. The van der Waals surface area contributed by atoms with Crippen molar-refractivity contribution in [1.82, 2.24) is 10.3 Å². The van der Waals surface area contributed by atoms with E-state index in [4.69, 9.17) is 4.74 Å². The highest BCUT2D eigenvalue weighted by molar-refractivity contribution is 7.15. The van der Waals surface area contributed by atoms with Gasteiger partial charge in [0.25, 0.3) is 0 Å². The average Bonchev–Trinajstić information content (AvgIpc) is 3.25. The lowest BCUT2D eigenvalue weighted by Gasteiger charge is -2.26. The molecule has 0 spiro atoms. The van der Waals surface area contributed by atoms with Crippen LogP contribution in [0.4, 0.5) is 5.13 Å². The fourth-order valence-corrected chi connectivity index (χ4v) is 4.44. The van der Waals surface area contributed by atoms with Crippen molar-refractivity contribution in [2.45, 2.75) is 25.4 Å². The maximum Gasteiger partial charge on any atom is 0.185 e. The molecule has 1 saturated heterocycles. The fourth-order valence-electron chi connectivity index (χ4n) is 3.53. The van der Waals surface area contributed by atoms with Gasteiger partial charge in [-0.3, -0.25) is 0 Å². The summed E-state index contributed by atoms with van der Waals surface area (Å²) in [7, 11) is 0. The minimum atomic E-state index is 0.329. The standard InChI is InChI=1S/C23H27N3OS/c1-3-7-19(8-4-1)11-12-22(20-9-5-2-6-10-20)24-17-21-18-25-23(28-21)26-13-15-27-16-14-26/h1-10,18,22,24H,11-17H2. The van der Waals surface area contributed by atoms with Crippen LogP contribution in [0.5, 0.6) is 0 Å². The quantitative estimate of drug-likeness (QED) is 0.614. The van der Waals surface area contributed by atoms with Gasteiger partial charge in [0.15, 0.2) is 5.13 Å². The van der Waals surface area contributed by atoms with E-state index in [1.165, 1.54) is 16.0 Å². The number of nitrogens with one attached hydrogen (secondary N) is 1. The number of ether oxygens (including phenoxy) is 1. The van der Waals surface area contributed by atoms with E-state index in [-0.39, 0.29) is 0 Å². The normalized spacial score (nSPS) is 15.5. The topological polar surface area (TPSA) is 37.4 Å². The van der Waals surface area contributed by atoms with Crippen LogP contribution in [0, 0.1) is 0 Å². The van der Waals surface area contributed by atoms with Gasteiger partial charge in [0.2, 0.25) is 0 Å². The van der Waals surface area contributed by atoms with Gasteiger partial charge in [-0.2, -0.15) is 0 Å². The molecule has 4 nitrogen and oxygen atoms in total. The molecule has 0 amide bonds. The number of aryl methyl sites for hydroxylation is 1. The molecule has 146 valence electrons. The van der Waals surface area contributed by atoms with Gasteiger partial charge in [-0.15, -0.1) is 11.3 Å². The number of hydrogen-bond acceptors (Lipinski definition) is 5. The second-order valence-corrected chi connectivity index (χ2v) is 8.17. The first kappa shape index (κ1) is 19.1. The van der Waals surface area contributed by atoms with Crippen LogP contribution in [0.2, 0.25) is 0 Å². The van der Waals surface area contributed by atoms with Gasteiger partial charge < -0.3 is 15.0 Å². The number of rotatable bonds is 8. The largest absolute Gasteiger partial charge is 0.378 e. The van der Waals surface area contributed by atoms with Gasteiger partial charge in [0, 0.05) is 36.8 Å². The summed E-state index contributed by atoms with van der Waals surface area (Å²) in [6.07, 6.45) is 4.15. The van der Waals surface area contributed by atoms with E-state index in [2.05, 4.69) is 75.9 Å². The van der Waals surface area contributed by atoms with Crippen LogP contribution in [0.3, 0.4) is 0 Å². The molecule has 2 heterocycles. The summed E-state index contributed by atoms with van der Waals surface area (Å²) >= 11 is 1.79. The Morgan fingerprint density at radius 2 is 1.71 bits per heavy atom. The zero-order valence-corrected chi connectivity index (χ0v) is 16.9. The fraction of sp³-hybridized carbons (Fsp3) is 0.348. The highest BCUT2D eigenvalue weighted by atomic mass is 32.1. The molecule has 28 heavy (non-hydrogen) atoms. The number of thiazole rings is 1. The van der Waals surface area contributed by atoms with E-state index in [1.807, 2.05) is 6.20 Å². The minimum absolute atomic E-state index is 0.329. The van der Waals surface area contributed by atoms with Crippen molar-refractivity contribution in [3.63, 3.8) is 0 Å². The van der Waals surface area contributed by atoms with E-state index in [9.17, 15) is 0 Å². The van der Waals surface area contributed by atoms with E-state index in [1.54, 1.807) is 11.3 Å². The van der Waals surface area contributed by atoms with Crippen LogP contribution in [0.1, 0.15) is 28.5 Å². The third kappa shape index (κ3) is 5.19. The Bertz CT molecular complexity index is 831. The highest BCUT2D eigenvalue weighted by Gasteiger charge is 2.16. The molecule has 1 N–H and O–H groups in total. The van der Waals surface area contributed by atoms with Gasteiger partial charge in [-0.25, -0.2) is 4.98 Å². The molecule has 1 atom stereocenters. The summed E-state index contributed by atoms with van der Waals surface area (Å²) in [6, 6.07) is 21.8. The Hall–Kier alpha value is -2.21. The van der Waals surface area contributed by atoms with Gasteiger partial charge in [-0.1, -0.05) is 60.7 Å². The monoisotopic (exact) mass is 393 g/mol. The number of benzene rings is 2. The van der Waals surface area contributed by atoms with Crippen molar-refractivity contribution in [2.24, 2.45) is 0 Å². The maximum absolute atomic E-state index is 5.44. The minimum Gasteiger partial charge on any atom is -0.378 e. The molecule has 1 unspecified atom stereocenters. The van der Waals surface area contributed by atoms with Crippen molar-refractivity contribution in [1.29, 1.82) is 0 Å². The van der Waals surface area contributed by atoms with E-state index < -0.39 is 0 Å². The molecule has 1 aliphatic heterocycles. The number of nitrogens with zero attached hydrogens (tertiary/aromatic N) is 2. The van der Waals surface area contributed by atoms with Crippen LogP contribution in [0.25, 0.3) is 0 Å². The molecule has 1 aliphatic rings. The summed E-state index contributed by atoms with van der Waals surface area (Å²) in [5.41, 5.74) is 2.73. The smallest absolute Gasteiger partial charge is 0.185 e. The summed E-state index contributed by atoms with van der Waals surface area (Å²) in [4.78, 5) is 8.23. The molecule has 1 fully saturated rings. The Balaban J connectivity index is 1.39. The molecule has 3 aromatic rings. The van der Waals surface area contributed by atoms with Crippen LogP contribution in [0.15, 0.2) is 66.9 Å². The maximum atomic E-state index is 5.44. The Morgan fingerprint density at radius 3 is 2.46 bits per heavy atom. The predicted molar refractivity (Wildman–Crippen MR) is 116 cm³/mol. The summed E-state index contributed by atoms with van der Waals surface area (Å²) < 4.78 is 5.44. The SMILES string of the molecule is c1ccc(CCC(NCc2cnc(N3CCOCC3)s2)c2ccccc2)cc1. The second-order valence-electron chi connectivity index (χ2n) is 7.08. The number of aromatic nitrogens is 1. The molecule has 0 radical (unpaired) electrons. The molecule has 1 aromatic heterocycles. The van der Waals surface area contributed by atoms with Crippen molar-refractivity contribution in [3.05, 3.63) is 82.9 Å². The van der Waals surface area contributed by atoms with Crippen LogP contribution >= 0.6 is 11.3 Å². The molecule has 4 rings (SSSR count). The second kappa shape index (κ2) is 9.82. The van der Waals surface area contributed by atoms with Gasteiger partial charge >= 0.3 is 0 Å². The average molecular weight is 394 g/mol. The van der Waals surface area contributed by atoms with Crippen molar-refractivity contribution in [3.8, 4) is 0 Å². The Kier molecular flexibility index (Phi) is 6.71. The molecular formula is C23H27N3OS. The predicted octanol–water partition coefficient (Wildman–Crippen LogP) is 4.44. The van der Waals surface area contributed by atoms with Gasteiger partial charge in [0.05, 0.1) is 13.2 Å². The molecule has 5 heteroatoms. The summed E-state index contributed by atoms with van der Waals surface area (Å²) in [6.45, 7) is 4.30. The van der Waals surface area contributed by atoms with Crippen LogP contribution < -0.4 is 10.2 Å². The third-order valence-electron chi connectivity index (χ3n) is 5.11. The number of anilines is 1. The van der Waals surface area contributed by atoms with Crippen molar-refractivity contribution >= 4 is 16.5 Å². The van der Waals surface area contributed by atoms with Gasteiger partial charge in [0.1, 0.15) is 0 Å². The first-order valence-corrected chi connectivity index (χ1v) is 10.8. The van der Waals surface area contributed by atoms with E-state index in [0.29, 0.717) is 6.04 Å². The number of hydrogen-bond donors (Lipinski definition) is 1. The summed E-state index contributed by atoms with van der Waals surface area (Å²) in [5.74, 6) is 0. The van der Waals surface area contributed by atoms with Gasteiger partial charge in [-0.05, 0) is 24.0 Å². The molecule has 0 saturated carbocycles. The lowest BCUT2D eigenvalue weighted by Crippen LogP contribution is -2.36. The van der Waals surface area contributed by atoms with Crippen molar-refractivity contribution < 1.29 is 4.74 Å². The van der Waals surface area contributed by atoms with Crippen LogP contribution in [-0.4, -0.2) is 31.3 Å². The zero-order valence-electron chi connectivity index (χ0n) is 16.1. The van der Waals surface area contributed by atoms with Crippen LogP contribution in [-0.2, 0) is 17.7 Å². The molecule has 0 bridgehead atoms. The highest BCUT2D eigenvalue weighted by Crippen LogP contribution is 2.25. The summed E-state index contributed by atoms with van der Waals surface area (Å²) in [5, 5.41) is 4.88. The third-order valence-corrected chi connectivity index (χ3v) is 6.17. The molecule has 2 aromatic carbocycles. The van der Waals surface area contributed by atoms with Crippen molar-refractivity contribution in [2.75, 3.05) is 31.2 Å².